The highest BCUT2D eigenvalue weighted by Crippen LogP contribution is 2.20. The summed E-state index contributed by atoms with van der Waals surface area (Å²) < 4.78 is 37.1. The second-order valence-electron chi connectivity index (χ2n) is 4.56. The van der Waals surface area contributed by atoms with Gasteiger partial charge in [-0.2, -0.15) is 0 Å². The molecule has 1 atom stereocenters. The van der Waals surface area contributed by atoms with E-state index in [1.807, 2.05) is 0 Å². The molecule has 1 N–H and O–H groups in total. The molecule has 2 nitrogen and oxygen atoms in total. The maximum Gasteiger partial charge on any atom is 0.250 e. The number of alkyl halides is 2. The van der Waals surface area contributed by atoms with E-state index in [0.29, 0.717) is 6.54 Å². The number of hydrogen-bond donors (Lipinski definition) is 1. The Kier molecular flexibility index (Phi) is 4.47. The van der Waals surface area contributed by atoms with Crippen LogP contribution in [0.4, 0.5) is 18.9 Å². The number of halogens is 3. The first-order chi connectivity index (χ1) is 8.65. The maximum absolute atomic E-state index is 12.8. The lowest BCUT2D eigenvalue weighted by Crippen LogP contribution is -2.47. The first kappa shape index (κ1) is 13.2. The van der Waals surface area contributed by atoms with Gasteiger partial charge in [-0.15, -0.1) is 0 Å². The predicted octanol–water partition coefficient (Wildman–Crippen LogP) is 2.65. The number of nitrogens with one attached hydrogen (secondary N) is 1. The van der Waals surface area contributed by atoms with E-state index in [2.05, 4.69) is 10.2 Å². The van der Waals surface area contributed by atoms with Crippen LogP contribution >= 0.6 is 0 Å². The zero-order chi connectivity index (χ0) is 13.0. The standard InChI is InChI=1S/C13H17F3N2/c14-10-3-5-12(6-4-10)18-7-1-2-11(9-18)17-8-13(15)16/h3-6,11,13,17H,1-2,7-9H2. The lowest BCUT2D eigenvalue weighted by Gasteiger charge is -2.34. The molecule has 1 aliphatic heterocycles. The predicted molar refractivity (Wildman–Crippen MR) is 65.6 cm³/mol. The normalized spacial score (nSPS) is 20.4. The number of piperidine rings is 1. The minimum absolute atomic E-state index is 0.0813. The fourth-order valence-electron chi connectivity index (χ4n) is 2.29. The van der Waals surface area contributed by atoms with E-state index in [0.717, 1.165) is 25.1 Å². The van der Waals surface area contributed by atoms with Crippen molar-refractivity contribution in [3.8, 4) is 0 Å². The quantitative estimate of drug-likeness (QED) is 0.893. The molecule has 1 unspecified atom stereocenters. The van der Waals surface area contributed by atoms with Crippen LogP contribution < -0.4 is 10.2 Å². The summed E-state index contributed by atoms with van der Waals surface area (Å²) in [6, 6.07) is 6.38. The summed E-state index contributed by atoms with van der Waals surface area (Å²) in [7, 11) is 0. The highest BCUT2D eigenvalue weighted by Gasteiger charge is 2.20. The van der Waals surface area contributed by atoms with Crippen LogP contribution in [0.3, 0.4) is 0 Å². The average Bonchev–Trinajstić information content (AvgIpc) is 2.37. The van der Waals surface area contributed by atoms with Crippen molar-refractivity contribution in [3.63, 3.8) is 0 Å². The summed E-state index contributed by atoms with van der Waals surface area (Å²) >= 11 is 0. The molecule has 1 heterocycles. The van der Waals surface area contributed by atoms with Crippen molar-refractivity contribution in [1.29, 1.82) is 0 Å². The molecule has 18 heavy (non-hydrogen) atoms. The summed E-state index contributed by atoms with van der Waals surface area (Å²) in [5.41, 5.74) is 0.944. The van der Waals surface area contributed by atoms with Crippen LogP contribution in [0.1, 0.15) is 12.8 Å². The topological polar surface area (TPSA) is 15.3 Å². The number of rotatable bonds is 4. The van der Waals surface area contributed by atoms with Gasteiger partial charge in [-0.25, -0.2) is 13.2 Å². The summed E-state index contributed by atoms with van der Waals surface area (Å²) in [6.45, 7) is 1.32. The molecule has 1 fully saturated rings. The molecule has 100 valence electrons. The molecule has 0 spiro atoms. The second-order valence-corrected chi connectivity index (χ2v) is 4.56. The highest BCUT2D eigenvalue weighted by atomic mass is 19.3. The number of hydrogen-bond acceptors (Lipinski definition) is 2. The number of benzene rings is 1. The SMILES string of the molecule is Fc1ccc(N2CCCC(NCC(F)F)C2)cc1. The average molecular weight is 258 g/mol. The van der Waals surface area contributed by atoms with Gasteiger partial charge in [-0.1, -0.05) is 0 Å². The van der Waals surface area contributed by atoms with E-state index < -0.39 is 6.43 Å². The number of nitrogens with zero attached hydrogens (tertiary/aromatic N) is 1. The molecule has 0 bridgehead atoms. The summed E-state index contributed by atoms with van der Waals surface area (Å²) in [4.78, 5) is 2.10. The zero-order valence-electron chi connectivity index (χ0n) is 10.1. The third-order valence-electron chi connectivity index (χ3n) is 3.17. The molecule has 1 aliphatic rings. The lowest BCUT2D eigenvalue weighted by molar-refractivity contribution is 0.140. The minimum atomic E-state index is -2.31. The third kappa shape index (κ3) is 3.63. The first-order valence-electron chi connectivity index (χ1n) is 6.17. The summed E-state index contributed by atoms with van der Waals surface area (Å²) in [5, 5.41) is 2.87. The van der Waals surface area contributed by atoms with Crippen molar-refractivity contribution in [2.45, 2.75) is 25.3 Å². The zero-order valence-corrected chi connectivity index (χ0v) is 10.1. The van der Waals surface area contributed by atoms with Crippen molar-refractivity contribution in [3.05, 3.63) is 30.1 Å². The van der Waals surface area contributed by atoms with E-state index in [4.69, 9.17) is 0 Å². The van der Waals surface area contributed by atoms with E-state index >= 15 is 0 Å². The smallest absolute Gasteiger partial charge is 0.250 e. The third-order valence-corrected chi connectivity index (χ3v) is 3.17. The van der Waals surface area contributed by atoms with Crippen molar-refractivity contribution < 1.29 is 13.2 Å². The minimum Gasteiger partial charge on any atom is -0.370 e. The molecule has 1 aromatic rings. The maximum atomic E-state index is 12.8. The Bertz CT molecular complexity index is 367. The fourth-order valence-corrected chi connectivity index (χ4v) is 2.29. The van der Waals surface area contributed by atoms with E-state index in [1.165, 1.54) is 12.1 Å². The van der Waals surface area contributed by atoms with Gasteiger partial charge in [-0.05, 0) is 37.1 Å². The van der Waals surface area contributed by atoms with Crippen LogP contribution in [0.2, 0.25) is 0 Å². The Labute approximate surface area is 105 Å². The molecule has 5 heteroatoms. The molecule has 1 saturated heterocycles. The van der Waals surface area contributed by atoms with Gasteiger partial charge in [0.2, 0.25) is 0 Å². The van der Waals surface area contributed by atoms with Gasteiger partial charge in [0.05, 0.1) is 6.54 Å². The molecule has 2 rings (SSSR count). The Balaban J connectivity index is 1.91. The fraction of sp³-hybridized carbons (Fsp3) is 0.538. The molecular weight excluding hydrogens is 241 g/mol. The Morgan fingerprint density at radius 3 is 2.67 bits per heavy atom. The molecule has 0 amide bonds. The van der Waals surface area contributed by atoms with Gasteiger partial charge in [0, 0.05) is 24.8 Å². The van der Waals surface area contributed by atoms with Gasteiger partial charge in [0.25, 0.3) is 6.43 Å². The van der Waals surface area contributed by atoms with Gasteiger partial charge < -0.3 is 10.2 Å². The van der Waals surface area contributed by atoms with Crippen LogP contribution in [-0.4, -0.2) is 32.1 Å². The second kappa shape index (κ2) is 6.09. The monoisotopic (exact) mass is 258 g/mol. The number of anilines is 1. The van der Waals surface area contributed by atoms with Crippen LogP contribution in [0.15, 0.2) is 24.3 Å². The Hall–Kier alpha value is -1.23. The van der Waals surface area contributed by atoms with Gasteiger partial charge in [-0.3, -0.25) is 0 Å². The Morgan fingerprint density at radius 1 is 1.28 bits per heavy atom. The molecule has 0 radical (unpaired) electrons. The van der Waals surface area contributed by atoms with Crippen LogP contribution in [0.5, 0.6) is 0 Å². The van der Waals surface area contributed by atoms with Crippen molar-refractivity contribution >= 4 is 5.69 Å². The van der Waals surface area contributed by atoms with Gasteiger partial charge >= 0.3 is 0 Å². The molecular formula is C13H17F3N2. The highest BCUT2D eigenvalue weighted by molar-refractivity contribution is 5.46. The first-order valence-corrected chi connectivity index (χ1v) is 6.17. The molecule has 0 saturated carbocycles. The molecule has 0 aromatic heterocycles. The van der Waals surface area contributed by atoms with Gasteiger partial charge in [0.1, 0.15) is 5.82 Å². The summed E-state index contributed by atoms with van der Waals surface area (Å²) in [6.07, 6.45) is -0.450. The van der Waals surface area contributed by atoms with Crippen molar-refractivity contribution in [2.24, 2.45) is 0 Å². The van der Waals surface area contributed by atoms with Gasteiger partial charge in [0.15, 0.2) is 0 Å². The summed E-state index contributed by atoms with van der Waals surface area (Å²) in [5.74, 6) is -0.261. The van der Waals surface area contributed by atoms with Crippen molar-refractivity contribution in [2.75, 3.05) is 24.5 Å². The molecule has 1 aromatic carbocycles. The van der Waals surface area contributed by atoms with E-state index in [-0.39, 0.29) is 18.4 Å². The van der Waals surface area contributed by atoms with Crippen LogP contribution in [0, 0.1) is 5.82 Å². The van der Waals surface area contributed by atoms with Crippen LogP contribution in [-0.2, 0) is 0 Å². The Morgan fingerprint density at radius 2 is 2.00 bits per heavy atom. The van der Waals surface area contributed by atoms with E-state index in [9.17, 15) is 13.2 Å². The van der Waals surface area contributed by atoms with E-state index in [1.54, 1.807) is 12.1 Å². The van der Waals surface area contributed by atoms with Crippen LogP contribution in [0.25, 0.3) is 0 Å². The van der Waals surface area contributed by atoms with Crippen molar-refractivity contribution in [1.82, 2.24) is 5.32 Å². The lowest BCUT2D eigenvalue weighted by atomic mass is 10.0. The molecule has 0 aliphatic carbocycles. The largest absolute Gasteiger partial charge is 0.370 e.